The monoisotopic (exact) mass is 339 g/mol. The van der Waals surface area contributed by atoms with Crippen LogP contribution in [0.5, 0.6) is 0 Å². The minimum atomic E-state index is -0.285. The fourth-order valence-corrected chi connectivity index (χ4v) is 4.14. The lowest BCUT2D eigenvalue weighted by Gasteiger charge is -2.45. The zero-order chi connectivity index (χ0) is 17.6. The number of carbonyl (C=O) groups is 1. The van der Waals surface area contributed by atoms with E-state index in [0.29, 0.717) is 5.92 Å². The Labute approximate surface area is 147 Å². The van der Waals surface area contributed by atoms with Gasteiger partial charge in [0, 0.05) is 36.3 Å². The molecule has 130 valence electrons. The predicted molar refractivity (Wildman–Crippen MR) is 95.8 cm³/mol. The van der Waals surface area contributed by atoms with Gasteiger partial charge in [-0.3, -0.25) is 4.79 Å². The molecule has 3 atom stereocenters. The second-order valence-electron chi connectivity index (χ2n) is 7.12. The van der Waals surface area contributed by atoms with Gasteiger partial charge in [-0.25, -0.2) is 9.37 Å². The summed E-state index contributed by atoms with van der Waals surface area (Å²) >= 11 is 0. The number of hydrogen-bond donors (Lipinski definition) is 1. The van der Waals surface area contributed by atoms with E-state index in [0.717, 1.165) is 29.9 Å². The summed E-state index contributed by atoms with van der Waals surface area (Å²) in [6.45, 7) is 3.75. The SMILES string of the molecule is CC(=O)N1c2ccc(F)cc2C(Nc2ccccn2)[C@@H](C)[C@@H]1C1CC1. The first-order valence-electron chi connectivity index (χ1n) is 8.83. The van der Waals surface area contributed by atoms with Crippen LogP contribution in [-0.2, 0) is 4.79 Å². The van der Waals surface area contributed by atoms with Gasteiger partial charge in [-0.15, -0.1) is 0 Å². The molecule has 1 aliphatic carbocycles. The maximum absolute atomic E-state index is 14.0. The van der Waals surface area contributed by atoms with Crippen LogP contribution in [0.15, 0.2) is 42.6 Å². The van der Waals surface area contributed by atoms with E-state index in [2.05, 4.69) is 17.2 Å². The molecular weight excluding hydrogens is 317 g/mol. The lowest BCUT2D eigenvalue weighted by Crippen LogP contribution is -2.51. The minimum Gasteiger partial charge on any atom is -0.363 e. The van der Waals surface area contributed by atoms with E-state index in [4.69, 9.17) is 0 Å². The van der Waals surface area contributed by atoms with E-state index in [1.165, 1.54) is 6.07 Å². The summed E-state index contributed by atoms with van der Waals surface area (Å²) in [6, 6.07) is 10.5. The third-order valence-corrected chi connectivity index (χ3v) is 5.36. The average Bonchev–Trinajstić information content (AvgIpc) is 3.42. The van der Waals surface area contributed by atoms with Crippen molar-refractivity contribution in [3.63, 3.8) is 0 Å². The second kappa shape index (κ2) is 6.14. The van der Waals surface area contributed by atoms with Gasteiger partial charge >= 0.3 is 0 Å². The first-order chi connectivity index (χ1) is 12.1. The Morgan fingerprint density at radius 1 is 1.28 bits per heavy atom. The van der Waals surface area contributed by atoms with Crippen molar-refractivity contribution in [3.05, 3.63) is 54.0 Å². The number of pyridine rings is 1. The molecule has 4 nitrogen and oxygen atoms in total. The summed E-state index contributed by atoms with van der Waals surface area (Å²) < 4.78 is 14.0. The number of benzene rings is 1. The van der Waals surface area contributed by atoms with Crippen molar-refractivity contribution in [2.45, 2.75) is 38.8 Å². The molecule has 1 aromatic carbocycles. The van der Waals surface area contributed by atoms with Gasteiger partial charge in [-0.05, 0) is 49.1 Å². The number of nitrogens with zero attached hydrogens (tertiary/aromatic N) is 2. The van der Waals surface area contributed by atoms with Crippen LogP contribution < -0.4 is 10.2 Å². The van der Waals surface area contributed by atoms with Gasteiger partial charge < -0.3 is 10.2 Å². The average molecular weight is 339 g/mol. The van der Waals surface area contributed by atoms with Crippen molar-refractivity contribution < 1.29 is 9.18 Å². The van der Waals surface area contributed by atoms with Crippen LogP contribution in [0.1, 0.15) is 38.3 Å². The molecule has 4 rings (SSSR count). The Morgan fingerprint density at radius 2 is 2.08 bits per heavy atom. The fraction of sp³-hybridized carbons (Fsp3) is 0.400. The lowest BCUT2D eigenvalue weighted by molar-refractivity contribution is -0.117. The number of anilines is 2. The molecule has 5 heteroatoms. The van der Waals surface area contributed by atoms with E-state index in [-0.39, 0.29) is 29.7 Å². The first kappa shape index (κ1) is 16.1. The molecule has 1 N–H and O–H groups in total. The molecule has 2 aromatic rings. The molecule has 2 aliphatic rings. The number of rotatable bonds is 3. The van der Waals surface area contributed by atoms with Crippen LogP contribution in [0.3, 0.4) is 0 Å². The zero-order valence-corrected chi connectivity index (χ0v) is 14.4. The standard InChI is InChI=1S/C20H22FN3O/c1-12-19(23-18-5-3-4-10-22-18)16-11-15(21)8-9-17(16)24(13(2)25)20(12)14-6-7-14/h3-5,8-12,14,19-20H,6-7H2,1-2H3,(H,22,23)/t12-,19?,20-/m1/s1. The summed E-state index contributed by atoms with van der Waals surface area (Å²) in [5.74, 6) is 1.18. The molecule has 1 saturated carbocycles. The molecule has 1 aliphatic heterocycles. The molecule has 0 bridgehead atoms. The Kier molecular flexibility index (Phi) is 3.94. The van der Waals surface area contributed by atoms with Gasteiger partial charge in [-0.2, -0.15) is 0 Å². The topological polar surface area (TPSA) is 45.2 Å². The molecule has 0 spiro atoms. The highest BCUT2D eigenvalue weighted by Crippen LogP contribution is 2.49. The highest BCUT2D eigenvalue weighted by atomic mass is 19.1. The van der Waals surface area contributed by atoms with Crippen LogP contribution in [0.2, 0.25) is 0 Å². The molecule has 1 aromatic heterocycles. The van der Waals surface area contributed by atoms with Crippen molar-refractivity contribution >= 4 is 17.4 Å². The minimum absolute atomic E-state index is 0.0212. The Bertz CT molecular complexity index is 791. The summed E-state index contributed by atoms with van der Waals surface area (Å²) in [5, 5.41) is 3.47. The van der Waals surface area contributed by atoms with Gasteiger partial charge in [0.2, 0.25) is 5.91 Å². The Morgan fingerprint density at radius 3 is 2.72 bits per heavy atom. The molecule has 1 amide bonds. The highest BCUT2D eigenvalue weighted by molar-refractivity contribution is 5.94. The number of hydrogen-bond acceptors (Lipinski definition) is 3. The van der Waals surface area contributed by atoms with E-state index in [9.17, 15) is 9.18 Å². The van der Waals surface area contributed by atoms with Crippen molar-refractivity contribution in [3.8, 4) is 0 Å². The molecule has 1 fully saturated rings. The second-order valence-corrected chi connectivity index (χ2v) is 7.12. The van der Waals surface area contributed by atoms with E-state index < -0.39 is 0 Å². The van der Waals surface area contributed by atoms with Crippen molar-refractivity contribution in [1.82, 2.24) is 4.98 Å². The van der Waals surface area contributed by atoms with Gasteiger partial charge in [0.1, 0.15) is 11.6 Å². The van der Waals surface area contributed by atoms with E-state index in [1.54, 1.807) is 25.3 Å². The van der Waals surface area contributed by atoms with Gasteiger partial charge in [-0.1, -0.05) is 13.0 Å². The van der Waals surface area contributed by atoms with Crippen LogP contribution in [0, 0.1) is 17.7 Å². The maximum Gasteiger partial charge on any atom is 0.224 e. The normalized spacial score (nSPS) is 25.4. The molecule has 0 radical (unpaired) electrons. The quantitative estimate of drug-likeness (QED) is 0.913. The van der Waals surface area contributed by atoms with Gasteiger partial charge in [0.05, 0.1) is 6.04 Å². The number of aromatic nitrogens is 1. The molecule has 1 unspecified atom stereocenters. The molecular formula is C20H22FN3O. The van der Waals surface area contributed by atoms with Gasteiger partial charge in [0.15, 0.2) is 0 Å². The van der Waals surface area contributed by atoms with Crippen molar-refractivity contribution in [2.75, 3.05) is 10.2 Å². The Hall–Kier alpha value is -2.43. The predicted octanol–water partition coefficient (Wildman–Crippen LogP) is 4.16. The number of halogens is 1. The largest absolute Gasteiger partial charge is 0.363 e. The zero-order valence-electron chi connectivity index (χ0n) is 14.4. The highest BCUT2D eigenvalue weighted by Gasteiger charge is 2.47. The third kappa shape index (κ3) is 2.88. The smallest absolute Gasteiger partial charge is 0.224 e. The number of fused-ring (bicyclic) bond motifs is 1. The van der Waals surface area contributed by atoms with Crippen LogP contribution in [-0.4, -0.2) is 16.9 Å². The molecule has 25 heavy (non-hydrogen) atoms. The van der Waals surface area contributed by atoms with E-state index >= 15 is 0 Å². The van der Waals surface area contributed by atoms with Gasteiger partial charge in [0.25, 0.3) is 0 Å². The lowest BCUT2D eigenvalue weighted by atomic mass is 9.80. The summed E-state index contributed by atoms with van der Waals surface area (Å²) in [6.07, 6.45) is 4.03. The number of carbonyl (C=O) groups excluding carboxylic acids is 1. The van der Waals surface area contributed by atoms with Crippen molar-refractivity contribution in [1.29, 1.82) is 0 Å². The van der Waals surface area contributed by atoms with E-state index in [1.807, 2.05) is 23.1 Å². The first-order valence-corrected chi connectivity index (χ1v) is 8.83. The maximum atomic E-state index is 14.0. The summed E-state index contributed by atoms with van der Waals surface area (Å²) in [5.41, 5.74) is 1.64. The molecule has 2 heterocycles. The van der Waals surface area contributed by atoms with Crippen LogP contribution >= 0.6 is 0 Å². The number of nitrogens with one attached hydrogen (secondary N) is 1. The van der Waals surface area contributed by atoms with Crippen LogP contribution in [0.25, 0.3) is 0 Å². The summed E-state index contributed by atoms with van der Waals surface area (Å²) in [4.78, 5) is 18.6. The Balaban J connectivity index is 1.81. The van der Waals surface area contributed by atoms with Crippen molar-refractivity contribution in [2.24, 2.45) is 11.8 Å². The van der Waals surface area contributed by atoms with Crippen LogP contribution in [0.4, 0.5) is 15.9 Å². The summed E-state index contributed by atoms with van der Waals surface area (Å²) in [7, 11) is 0. The molecule has 0 saturated heterocycles. The third-order valence-electron chi connectivity index (χ3n) is 5.36. The number of amides is 1. The fourth-order valence-electron chi connectivity index (χ4n) is 4.14.